The van der Waals surface area contributed by atoms with Crippen LogP contribution in [0, 0.1) is 0 Å². The molecule has 0 nitrogen and oxygen atoms in total. The van der Waals surface area contributed by atoms with Gasteiger partial charge >= 0.3 is 0 Å². The lowest BCUT2D eigenvalue weighted by Crippen LogP contribution is -2.07. The molecule has 0 spiro atoms. The quantitative estimate of drug-likeness (QED) is 0.278. The van der Waals surface area contributed by atoms with Gasteiger partial charge in [0.2, 0.25) is 0 Å². The van der Waals surface area contributed by atoms with Crippen molar-refractivity contribution in [3.63, 3.8) is 0 Å². The first-order valence-electron chi connectivity index (χ1n) is 10.7. The van der Waals surface area contributed by atoms with Gasteiger partial charge in [-0.15, -0.1) is 23.5 Å². The number of thioether (sulfide) groups is 2. The van der Waals surface area contributed by atoms with Crippen LogP contribution in [0.25, 0.3) is 0 Å². The molecule has 0 saturated heterocycles. The minimum absolute atomic E-state index is 0.561. The second kappa shape index (κ2) is 15.6. The molecule has 3 unspecified atom stereocenters. The Kier molecular flexibility index (Phi) is 15.4. The molecule has 0 aliphatic rings. The predicted octanol–water partition coefficient (Wildman–Crippen LogP) is 9.35. The molecule has 0 bridgehead atoms. The number of hydrogen-bond acceptors (Lipinski definition) is 2. The highest BCUT2D eigenvalue weighted by molar-refractivity contribution is 8.02. The summed E-state index contributed by atoms with van der Waals surface area (Å²) in [5, 5.41) is 4.10. The molecular formula is C25H44S2. The van der Waals surface area contributed by atoms with E-state index in [0.717, 1.165) is 12.8 Å². The highest BCUT2D eigenvalue weighted by Crippen LogP contribution is 2.28. The van der Waals surface area contributed by atoms with Crippen LogP contribution < -0.4 is 0 Å². The average Bonchev–Trinajstić information content (AvgIpc) is 2.60. The van der Waals surface area contributed by atoms with Crippen LogP contribution in [-0.4, -0.2) is 15.7 Å². The average molecular weight is 409 g/mol. The topological polar surface area (TPSA) is 0 Å². The van der Waals surface area contributed by atoms with E-state index < -0.39 is 0 Å². The fourth-order valence-electron chi connectivity index (χ4n) is 2.90. The lowest BCUT2D eigenvalue weighted by molar-refractivity contribution is 0.908. The van der Waals surface area contributed by atoms with Crippen LogP contribution >= 0.6 is 23.5 Å². The summed E-state index contributed by atoms with van der Waals surface area (Å²) in [6.07, 6.45) is 13.1. The minimum Gasteiger partial charge on any atom is -0.147 e. The molecule has 0 radical (unpaired) electrons. The van der Waals surface area contributed by atoms with Crippen LogP contribution in [0.4, 0.5) is 0 Å². The van der Waals surface area contributed by atoms with Crippen LogP contribution in [0.2, 0.25) is 0 Å². The van der Waals surface area contributed by atoms with Crippen LogP contribution in [0.1, 0.15) is 94.4 Å². The summed E-state index contributed by atoms with van der Waals surface area (Å²) in [5.74, 6) is 0. The lowest BCUT2D eigenvalue weighted by atomic mass is 10.1. The van der Waals surface area contributed by atoms with Crippen LogP contribution in [0.15, 0.2) is 45.9 Å². The Bertz CT molecular complexity index is 522. The highest BCUT2D eigenvalue weighted by atomic mass is 32.2. The normalized spacial score (nSPS) is 17.8. The van der Waals surface area contributed by atoms with E-state index in [0.29, 0.717) is 15.7 Å². The van der Waals surface area contributed by atoms with Gasteiger partial charge < -0.3 is 0 Å². The fourth-order valence-corrected chi connectivity index (χ4v) is 5.01. The molecule has 2 heteroatoms. The smallest absolute Gasteiger partial charge is 0.0242 e. The zero-order chi connectivity index (χ0) is 20.8. The van der Waals surface area contributed by atoms with Gasteiger partial charge in [0.25, 0.3) is 0 Å². The maximum absolute atomic E-state index is 2.45. The molecular weight excluding hydrogens is 364 g/mol. The van der Waals surface area contributed by atoms with Gasteiger partial charge in [-0.3, -0.25) is 0 Å². The van der Waals surface area contributed by atoms with Gasteiger partial charge in [0.1, 0.15) is 0 Å². The number of rotatable bonds is 13. The van der Waals surface area contributed by atoms with Crippen molar-refractivity contribution in [2.75, 3.05) is 0 Å². The molecule has 0 heterocycles. The van der Waals surface area contributed by atoms with Crippen molar-refractivity contribution >= 4 is 23.5 Å². The van der Waals surface area contributed by atoms with Gasteiger partial charge in [0, 0.05) is 15.7 Å². The first-order chi connectivity index (χ1) is 12.7. The van der Waals surface area contributed by atoms with Crippen molar-refractivity contribution in [3.8, 4) is 0 Å². The molecule has 3 atom stereocenters. The van der Waals surface area contributed by atoms with E-state index in [9.17, 15) is 0 Å². The van der Waals surface area contributed by atoms with E-state index in [2.05, 4.69) is 97.7 Å². The molecule has 0 fully saturated rings. The lowest BCUT2D eigenvalue weighted by Gasteiger charge is -2.19. The second-order valence-corrected chi connectivity index (χ2v) is 10.8. The molecule has 0 aromatic heterocycles. The third kappa shape index (κ3) is 13.5. The Morgan fingerprint density at radius 1 is 0.815 bits per heavy atom. The van der Waals surface area contributed by atoms with Gasteiger partial charge in [0.15, 0.2) is 0 Å². The molecule has 0 rings (SSSR count). The summed E-state index contributed by atoms with van der Waals surface area (Å²) in [4.78, 5) is 0. The minimum atomic E-state index is 0.561. The Balaban J connectivity index is 4.44. The zero-order valence-electron chi connectivity index (χ0n) is 19.4. The second-order valence-electron chi connectivity index (χ2n) is 7.83. The molecule has 0 aliphatic heterocycles. The van der Waals surface area contributed by atoms with Crippen molar-refractivity contribution in [2.24, 2.45) is 0 Å². The SMILES string of the molecule is CC/C=C(/C)C(C)SC(C)/C(C)=C/CCC(C)=CC(C)S/C=C(/C)CCC. The molecule has 156 valence electrons. The first-order valence-corrected chi connectivity index (χ1v) is 12.6. The Labute approximate surface area is 179 Å². The summed E-state index contributed by atoms with van der Waals surface area (Å²) in [6, 6.07) is 0. The zero-order valence-corrected chi connectivity index (χ0v) is 21.0. The van der Waals surface area contributed by atoms with Crippen molar-refractivity contribution in [1.82, 2.24) is 0 Å². The summed E-state index contributed by atoms with van der Waals surface area (Å²) in [7, 11) is 0. The van der Waals surface area contributed by atoms with Gasteiger partial charge in [0.05, 0.1) is 0 Å². The van der Waals surface area contributed by atoms with E-state index in [1.807, 2.05) is 11.8 Å². The van der Waals surface area contributed by atoms with Crippen molar-refractivity contribution in [2.45, 2.75) is 110 Å². The molecule has 0 aromatic carbocycles. The van der Waals surface area contributed by atoms with E-state index in [1.165, 1.54) is 41.6 Å². The van der Waals surface area contributed by atoms with Gasteiger partial charge in [-0.05, 0) is 79.6 Å². The maximum Gasteiger partial charge on any atom is 0.0242 e. The Morgan fingerprint density at radius 2 is 1.41 bits per heavy atom. The van der Waals surface area contributed by atoms with Crippen molar-refractivity contribution in [3.05, 3.63) is 45.9 Å². The third-order valence-corrected chi connectivity index (χ3v) is 7.53. The van der Waals surface area contributed by atoms with Crippen LogP contribution in [0.5, 0.6) is 0 Å². The first kappa shape index (κ1) is 26.7. The van der Waals surface area contributed by atoms with E-state index >= 15 is 0 Å². The largest absolute Gasteiger partial charge is 0.147 e. The Morgan fingerprint density at radius 3 is 1.96 bits per heavy atom. The molecule has 0 aliphatic carbocycles. The van der Waals surface area contributed by atoms with Crippen molar-refractivity contribution in [1.29, 1.82) is 0 Å². The molecule has 0 N–H and O–H groups in total. The fraction of sp³-hybridized carbons (Fsp3) is 0.680. The summed E-state index contributed by atoms with van der Waals surface area (Å²) in [5.41, 5.74) is 6.04. The highest BCUT2D eigenvalue weighted by Gasteiger charge is 2.11. The monoisotopic (exact) mass is 408 g/mol. The third-order valence-electron chi connectivity index (χ3n) is 4.87. The molecule has 0 aromatic rings. The molecule has 0 saturated carbocycles. The van der Waals surface area contributed by atoms with Crippen LogP contribution in [-0.2, 0) is 0 Å². The standard InChI is InChI=1S/C25H44S2/c1-10-13-20(4)18-26-23(7)17-19(3)15-12-16-22(6)25(9)27-24(8)21(5)14-11-2/h14,16-18,23-25H,10-13,15H2,1-9H3/b19-17?,20-18-,21-14-,22-16+. The summed E-state index contributed by atoms with van der Waals surface area (Å²) < 4.78 is 0. The summed E-state index contributed by atoms with van der Waals surface area (Å²) in [6.45, 7) is 20.5. The molecule has 27 heavy (non-hydrogen) atoms. The number of hydrogen-bond donors (Lipinski definition) is 0. The summed E-state index contributed by atoms with van der Waals surface area (Å²) >= 11 is 4.03. The predicted molar refractivity (Wildman–Crippen MR) is 133 cm³/mol. The van der Waals surface area contributed by atoms with E-state index in [-0.39, 0.29) is 0 Å². The van der Waals surface area contributed by atoms with E-state index in [4.69, 9.17) is 0 Å². The number of allylic oxidation sites excluding steroid dienone is 4. The van der Waals surface area contributed by atoms with Gasteiger partial charge in [-0.25, -0.2) is 0 Å². The maximum atomic E-state index is 2.45. The molecule has 0 amide bonds. The van der Waals surface area contributed by atoms with Gasteiger partial charge in [-0.1, -0.05) is 60.8 Å². The van der Waals surface area contributed by atoms with Gasteiger partial charge in [-0.2, -0.15) is 0 Å². The van der Waals surface area contributed by atoms with Crippen LogP contribution in [0.3, 0.4) is 0 Å². The van der Waals surface area contributed by atoms with Crippen molar-refractivity contribution < 1.29 is 0 Å². The van der Waals surface area contributed by atoms with E-state index in [1.54, 1.807) is 0 Å². The Hall–Kier alpha value is -0.340.